The van der Waals surface area contributed by atoms with Crippen LogP contribution in [0.4, 0.5) is 0 Å². The van der Waals surface area contributed by atoms with Crippen LogP contribution in [0.2, 0.25) is 5.02 Å². The lowest BCUT2D eigenvalue weighted by Gasteiger charge is -2.34. The largest absolute Gasteiger partial charge is 0.492 e. The monoisotopic (exact) mass is 443 g/mol. The first-order valence-corrected chi connectivity index (χ1v) is 12.0. The summed E-state index contributed by atoms with van der Waals surface area (Å²) in [5.41, 5.74) is 0. The van der Waals surface area contributed by atoms with Crippen LogP contribution >= 0.6 is 11.6 Å². The molecule has 1 amide bonds. The predicted octanol–water partition coefficient (Wildman–Crippen LogP) is 2.35. The highest BCUT2D eigenvalue weighted by molar-refractivity contribution is 7.89. The van der Waals surface area contributed by atoms with Gasteiger partial charge in [0.05, 0.1) is 22.4 Å². The number of ether oxygens (including phenoxy) is 1. The number of hydrogen-bond acceptors (Lipinski definition) is 5. The van der Waals surface area contributed by atoms with E-state index in [1.807, 2.05) is 6.92 Å². The number of nitrogens with zero attached hydrogens (tertiary/aromatic N) is 2. The molecule has 1 aromatic carbocycles. The first-order valence-electron chi connectivity index (χ1n) is 10.2. The summed E-state index contributed by atoms with van der Waals surface area (Å²) in [7, 11) is -1.64. The molecule has 0 aromatic heterocycles. The summed E-state index contributed by atoms with van der Waals surface area (Å²) in [6.07, 6.45) is 3.23. The van der Waals surface area contributed by atoms with E-state index in [4.69, 9.17) is 16.3 Å². The number of likely N-dealkylation sites (tertiary alicyclic amines) is 1. The van der Waals surface area contributed by atoms with Crippen molar-refractivity contribution in [2.75, 3.05) is 39.8 Å². The number of sulfonamides is 1. The Morgan fingerprint density at radius 3 is 2.62 bits per heavy atom. The number of piperidine rings is 2. The summed E-state index contributed by atoms with van der Waals surface area (Å²) in [4.78, 5) is 15.1. The van der Waals surface area contributed by atoms with Crippen LogP contribution in [0.1, 0.15) is 32.6 Å². The van der Waals surface area contributed by atoms with Crippen LogP contribution in [-0.4, -0.2) is 69.4 Å². The molecule has 162 valence electrons. The fourth-order valence-electron chi connectivity index (χ4n) is 3.91. The van der Waals surface area contributed by atoms with E-state index in [0.29, 0.717) is 31.7 Å². The van der Waals surface area contributed by atoms with Crippen molar-refractivity contribution in [1.29, 1.82) is 0 Å². The summed E-state index contributed by atoms with van der Waals surface area (Å²) in [6, 6.07) is 4.68. The molecule has 7 nitrogen and oxygen atoms in total. The van der Waals surface area contributed by atoms with Gasteiger partial charge in [-0.05, 0) is 70.9 Å². The van der Waals surface area contributed by atoms with E-state index in [1.54, 1.807) is 6.07 Å². The molecule has 0 saturated carbocycles. The molecule has 3 rings (SSSR count). The van der Waals surface area contributed by atoms with Crippen molar-refractivity contribution < 1.29 is 17.9 Å². The maximum atomic E-state index is 13.1. The Morgan fingerprint density at radius 2 is 1.97 bits per heavy atom. The maximum Gasteiger partial charge on any atom is 0.243 e. The van der Waals surface area contributed by atoms with E-state index in [1.165, 1.54) is 16.4 Å². The number of benzene rings is 1. The second kappa shape index (κ2) is 9.64. The Morgan fingerprint density at radius 1 is 1.24 bits per heavy atom. The van der Waals surface area contributed by atoms with Gasteiger partial charge in [0.1, 0.15) is 5.75 Å². The zero-order valence-corrected chi connectivity index (χ0v) is 18.6. The Bertz CT molecular complexity index is 825. The van der Waals surface area contributed by atoms with Crippen LogP contribution in [0.25, 0.3) is 0 Å². The third kappa shape index (κ3) is 5.42. The molecule has 2 fully saturated rings. The van der Waals surface area contributed by atoms with E-state index >= 15 is 0 Å². The minimum atomic E-state index is -3.72. The van der Waals surface area contributed by atoms with Gasteiger partial charge < -0.3 is 15.0 Å². The number of amides is 1. The lowest BCUT2D eigenvalue weighted by molar-refractivity contribution is -0.127. The molecular weight excluding hydrogens is 414 g/mol. The van der Waals surface area contributed by atoms with Crippen molar-refractivity contribution in [3.63, 3.8) is 0 Å². The Labute approximate surface area is 178 Å². The predicted molar refractivity (Wildman–Crippen MR) is 113 cm³/mol. The van der Waals surface area contributed by atoms with E-state index in [0.717, 1.165) is 25.9 Å². The highest BCUT2D eigenvalue weighted by atomic mass is 35.5. The average Bonchev–Trinajstić information content (AvgIpc) is 2.71. The van der Waals surface area contributed by atoms with Crippen molar-refractivity contribution in [2.24, 2.45) is 5.92 Å². The van der Waals surface area contributed by atoms with Crippen molar-refractivity contribution in [3.05, 3.63) is 23.2 Å². The van der Waals surface area contributed by atoms with Gasteiger partial charge in [-0.1, -0.05) is 11.6 Å². The van der Waals surface area contributed by atoms with Gasteiger partial charge in [0.15, 0.2) is 0 Å². The number of carbonyl (C=O) groups is 1. The van der Waals surface area contributed by atoms with Gasteiger partial charge in [-0.25, -0.2) is 8.42 Å². The summed E-state index contributed by atoms with van der Waals surface area (Å²) in [6.45, 7) is 4.83. The molecule has 2 heterocycles. The van der Waals surface area contributed by atoms with E-state index in [2.05, 4.69) is 17.3 Å². The van der Waals surface area contributed by atoms with Crippen molar-refractivity contribution >= 4 is 27.5 Å². The van der Waals surface area contributed by atoms with Crippen LogP contribution in [0.5, 0.6) is 5.75 Å². The van der Waals surface area contributed by atoms with Gasteiger partial charge in [-0.15, -0.1) is 0 Å². The second-order valence-electron chi connectivity index (χ2n) is 7.81. The van der Waals surface area contributed by atoms with Gasteiger partial charge in [-0.3, -0.25) is 4.79 Å². The summed E-state index contributed by atoms with van der Waals surface area (Å²) in [5.74, 6) is 0.0997. The first-order chi connectivity index (χ1) is 13.8. The molecule has 29 heavy (non-hydrogen) atoms. The number of halogens is 1. The molecular formula is C20H30ClN3O4S. The minimum Gasteiger partial charge on any atom is -0.492 e. The smallest absolute Gasteiger partial charge is 0.243 e. The third-order valence-electron chi connectivity index (χ3n) is 5.66. The SMILES string of the molecule is CCOc1ccc(S(=O)(=O)N2CCCC(C(=O)NC3CCN(C)CC3)C2)cc1Cl. The summed E-state index contributed by atoms with van der Waals surface area (Å²) >= 11 is 6.18. The Balaban J connectivity index is 1.66. The van der Waals surface area contributed by atoms with Gasteiger partial charge in [0, 0.05) is 19.1 Å². The standard InChI is InChI=1S/C20H30ClN3O4S/c1-3-28-19-7-6-17(13-18(19)21)29(26,27)24-10-4-5-15(14-24)20(25)22-16-8-11-23(2)12-9-16/h6-7,13,15-16H,3-5,8-12,14H2,1-2H3,(H,22,25). The molecule has 2 aliphatic heterocycles. The fraction of sp³-hybridized carbons (Fsp3) is 0.650. The number of carbonyl (C=O) groups excluding carboxylic acids is 1. The minimum absolute atomic E-state index is 0.0378. The lowest BCUT2D eigenvalue weighted by atomic mass is 9.97. The van der Waals surface area contributed by atoms with E-state index < -0.39 is 10.0 Å². The maximum absolute atomic E-state index is 13.1. The molecule has 0 spiro atoms. The number of nitrogens with one attached hydrogen (secondary N) is 1. The van der Waals surface area contributed by atoms with Crippen LogP contribution in [0, 0.1) is 5.92 Å². The quantitative estimate of drug-likeness (QED) is 0.730. The average molecular weight is 444 g/mol. The normalized spacial score (nSPS) is 22.4. The third-order valence-corrected chi connectivity index (χ3v) is 7.82. The first kappa shape index (κ1) is 22.3. The highest BCUT2D eigenvalue weighted by Crippen LogP contribution is 2.30. The number of rotatable bonds is 6. The molecule has 0 bridgehead atoms. The summed E-state index contributed by atoms with van der Waals surface area (Å²) < 4.78 is 33.0. The molecule has 1 N–H and O–H groups in total. The van der Waals surface area contributed by atoms with Crippen LogP contribution in [0.3, 0.4) is 0 Å². The van der Waals surface area contributed by atoms with E-state index in [-0.39, 0.29) is 34.3 Å². The van der Waals surface area contributed by atoms with Gasteiger partial charge in [-0.2, -0.15) is 4.31 Å². The van der Waals surface area contributed by atoms with Crippen molar-refractivity contribution in [1.82, 2.24) is 14.5 Å². The van der Waals surface area contributed by atoms with Gasteiger partial charge >= 0.3 is 0 Å². The fourth-order valence-corrected chi connectivity index (χ4v) is 5.76. The molecule has 0 aliphatic carbocycles. The molecule has 1 atom stereocenters. The zero-order chi connectivity index (χ0) is 21.0. The topological polar surface area (TPSA) is 79.0 Å². The second-order valence-corrected chi connectivity index (χ2v) is 10.2. The van der Waals surface area contributed by atoms with Gasteiger partial charge in [0.2, 0.25) is 15.9 Å². The van der Waals surface area contributed by atoms with Crippen molar-refractivity contribution in [3.8, 4) is 5.75 Å². The molecule has 2 saturated heterocycles. The highest BCUT2D eigenvalue weighted by Gasteiger charge is 2.34. The molecule has 2 aliphatic rings. The van der Waals surface area contributed by atoms with Crippen LogP contribution in [-0.2, 0) is 14.8 Å². The molecule has 9 heteroatoms. The zero-order valence-electron chi connectivity index (χ0n) is 17.1. The molecule has 1 aromatic rings. The Hall–Kier alpha value is -1.35. The lowest BCUT2D eigenvalue weighted by Crippen LogP contribution is -2.49. The van der Waals surface area contributed by atoms with Crippen molar-refractivity contribution in [2.45, 2.75) is 43.5 Å². The summed E-state index contributed by atoms with van der Waals surface area (Å²) in [5, 5.41) is 3.39. The van der Waals surface area contributed by atoms with E-state index in [9.17, 15) is 13.2 Å². The van der Waals surface area contributed by atoms with Crippen LogP contribution < -0.4 is 10.1 Å². The number of hydrogen-bond donors (Lipinski definition) is 1. The van der Waals surface area contributed by atoms with Crippen LogP contribution in [0.15, 0.2) is 23.1 Å². The molecule has 1 unspecified atom stereocenters. The molecule has 0 radical (unpaired) electrons. The Kier molecular flexibility index (Phi) is 7.42. The van der Waals surface area contributed by atoms with Gasteiger partial charge in [0.25, 0.3) is 0 Å².